The van der Waals surface area contributed by atoms with Crippen molar-refractivity contribution in [1.29, 1.82) is 0 Å². The molecule has 0 radical (unpaired) electrons. The Morgan fingerprint density at radius 3 is 2.10 bits per heavy atom. The lowest BCUT2D eigenvalue weighted by atomic mass is 10.2. The van der Waals surface area contributed by atoms with Gasteiger partial charge in [0, 0.05) is 43.4 Å². The summed E-state index contributed by atoms with van der Waals surface area (Å²) < 4.78 is 5.21. The van der Waals surface area contributed by atoms with Crippen molar-refractivity contribution in [2.75, 3.05) is 0 Å². The van der Waals surface area contributed by atoms with E-state index < -0.39 is 5.91 Å². The maximum Gasteiger partial charge on any atom is 0.316 e. The second kappa shape index (κ2) is 9.11. The van der Waals surface area contributed by atoms with Crippen LogP contribution in [0.3, 0.4) is 0 Å². The van der Waals surface area contributed by atoms with Crippen LogP contribution in [-0.4, -0.2) is 36.0 Å². The van der Waals surface area contributed by atoms with E-state index in [1.54, 1.807) is 41.8 Å². The van der Waals surface area contributed by atoms with E-state index in [4.69, 9.17) is 27.7 Å². The second-order valence-electron chi connectivity index (χ2n) is 6.60. The lowest BCUT2D eigenvalue weighted by Crippen LogP contribution is -2.30. The molecule has 0 saturated carbocycles. The smallest absolute Gasteiger partial charge is 0.316 e. The molecular weight excluding hydrogens is 441 g/mol. The average molecular weight is 456 g/mol. The van der Waals surface area contributed by atoms with Gasteiger partial charge in [-0.2, -0.15) is 4.98 Å². The molecule has 1 aromatic carbocycles. The lowest BCUT2D eigenvalue weighted by Gasteiger charge is -2.20. The molecule has 3 aromatic heterocycles. The molecule has 156 valence electrons. The van der Waals surface area contributed by atoms with Gasteiger partial charge in [0.25, 0.3) is 0 Å². The Morgan fingerprint density at radius 2 is 1.58 bits per heavy atom. The highest BCUT2D eigenvalue weighted by atomic mass is 35.5. The minimum Gasteiger partial charge on any atom is -0.505 e. The molecule has 8 nitrogen and oxygen atoms in total. The predicted octanol–water partition coefficient (Wildman–Crippen LogP) is 4.38. The Hall–Kier alpha value is -3.49. The van der Waals surface area contributed by atoms with Crippen LogP contribution in [-0.2, 0) is 13.1 Å². The SMILES string of the molecule is O=C(c1nc(-c2cc(Cl)c(O)c(Cl)c2)no1)N(Cc1cccnc1)Cc1cccnc1. The van der Waals surface area contributed by atoms with Crippen molar-refractivity contribution in [3.63, 3.8) is 0 Å². The number of halogens is 2. The normalized spacial score (nSPS) is 10.8. The van der Waals surface area contributed by atoms with Crippen LogP contribution in [0.15, 0.2) is 65.7 Å². The maximum atomic E-state index is 13.2. The molecule has 3 heterocycles. The number of hydrogen-bond donors (Lipinski definition) is 1. The molecule has 0 aliphatic rings. The molecule has 31 heavy (non-hydrogen) atoms. The number of nitrogens with zero attached hydrogens (tertiary/aromatic N) is 5. The van der Waals surface area contributed by atoms with E-state index in [1.165, 1.54) is 12.1 Å². The van der Waals surface area contributed by atoms with Crippen molar-refractivity contribution in [1.82, 2.24) is 25.0 Å². The highest BCUT2D eigenvalue weighted by molar-refractivity contribution is 6.37. The van der Waals surface area contributed by atoms with Crippen LogP contribution < -0.4 is 0 Å². The number of rotatable bonds is 6. The zero-order valence-electron chi connectivity index (χ0n) is 15.9. The number of hydrogen-bond acceptors (Lipinski definition) is 7. The van der Waals surface area contributed by atoms with Crippen LogP contribution in [0.25, 0.3) is 11.4 Å². The molecule has 0 saturated heterocycles. The largest absolute Gasteiger partial charge is 0.505 e. The fourth-order valence-electron chi connectivity index (χ4n) is 2.88. The molecule has 0 unspecified atom stereocenters. The standard InChI is InChI=1S/C21H15Cl2N5O3/c22-16-7-15(8-17(23)18(16)29)19-26-20(31-27-19)21(30)28(11-13-3-1-5-24-9-13)12-14-4-2-6-25-10-14/h1-10,29H,11-12H2. The number of carbonyl (C=O) groups excluding carboxylic acids is 1. The van der Waals surface area contributed by atoms with E-state index in [-0.39, 0.29) is 40.6 Å². The summed E-state index contributed by atoms with van der Waals surface area (Å²) in [5.74, 6) is -0.772. The van der Waals surface area contributed by atoms with Crippen LogP contribution in [0.1, 0.15) is 21.8 Å². The quantitative estimate of drug-likeness (QED) is 0.459. The summed E-state index contributed by atoms with van der Waals surface area (Å²) in [4.78, 5) is 27.1. The molecule has 0 fully saturated rings. The van der Waals surface area contributed by atoms with Gasteiger partial charge in [0.2, 0.25) is 5.82 Å². The van der Waals surface area contributed by atoms with Crippen molar-refractivity contribution in [3.8, 4) is 17.1 Å². The van der Waals surface area contributed by atoms with Crippen LogP contribution >= 0.6 is 23.2 Å². The number of carbonyl (C=O) groups is 1. The summed E-state index contributed by atoms with van der Waals surface area (Å²) >= 11 is 11.9. The number of amides is 1. The zero-order valence-corrected chi connectivity index (χ0v) is 17.5. The van der Waals surface area contributed by atoms with Gasteiger partial charge in [0.05, 0.1) is 10.0 Å². The van der Waals surface area contributed by atoms with Crippen LogP contribution in [0.2, 0.25) is 10.0 Å². The van der Waals surface area contributed by atoms with Crippen molar-refractivity contribution in [3.05, 3.63) is 88.2 Å². The Labute approximate surface area is 187 Å². The molecular formula is C21H15Cl2N5O3. The van der Waals surface area contributed by atoms with E-state index in [2.05, 4.69) is 20.1 Å². The van der Waals surface area contributed by atoms with Crippen LogP contribution in [0.4, 0.5) is 0 Å². The number of phenols is 1. The minimum absolute atomic E-state index is 0.0370. The molecule has 4 aromatic rings. The van der Waals surface area contributed by atoms with Gasteiger partial charge in [-0.25, -0.2) is 0 Å². The first-order chi connectivity index (χ1) is 15.0. The average Bonchev–Trinajstić information content (AvgIpc) is 3.28. The highest BCUT2D eigenvalue weighted by Crippen LogP contribution is 2.35. The third-order valence-electron chi connectivity index (χ3n) is 4.36. The Kier molecular flexibility index (Phi) is 6.11. The summed E-state index contributed by atoms with van der Waals surface area (Å²) in [5.41, 5.74) is 2.09. The Bertz CT molecular complexity index is 1140. The third-order valence-corrected chi connectivity index (χ3v) is 4.94. The van der Waals surface area contributed by atoms with Crippen molar-refractivity contribution >= 4 is 29.1 Å². The summed E-state index contributed by atoms with van der Waals surface area (Å²) in [6, 6.07) is 10.2. The third kappa shape index (κ3) is 4.82. The van der Waals surface area contributed by atoms with Gasteiger partial charge in [-0.3, -0.25) is 14.8 Å². The number of phenolic OH excluding ortho intramolecular Hbond substituents is 1. The van der Waals surface area contributed by atoms with E-state index in [0.29, 0.717) is 5.56 Å². The van der Waals surface area contributed by atoms with E-state index in [0.717, 1.165) is 11.1 Å². The topological polar surface area (TPSA) is 105 Å². The van der Waals surface area contributed by atoms with Crippen molar-refractivity contribution in [2.24, 2.45) is 0 Å². The van der Waals surface area contributed by atoms with E-state index in [9.17, 15) is 9.90 Å². The first kappa shape index (κ1) is 20.8. The number of aromatic hydroxyl groups is 1. The zero-order chi connectivity index (χ0) is 21.8. The number of benzene rings is 1. The van der Waals surface area contributed by atoms with Crippen molar-refractivity contribution < 1.29 is 14.4 Å². The van der Waals surface area contributed by atoms with Gasteiger partial charge in [0.15, 0.2) is 5.75 Å². The molecule has 1 amide bonds. The second-order valence-corrected chi connectivity index (χ2v) is 7.41. The number of aromatic nitrogens is 4. The van der Waals surface area contributed by atoms with Gasteiger partial charge in [0.1, 0.15) is 0 Å². The van der Waals surface area contributed by atoms with Crippen LogP contribution in [0.5, 0.6) is 5.75 Å². The molecule has 1 N–H and O–H groups in total. The summed E-state index contributed by atoms with van der Waals surface area (Å²) in [5, 5.41) is 13.7. The predicted molar refractivity (Wildman–Crippen MR) is 113 cm³/mol. The van der Waals surface area contributed by atoms with Crippen LogP contribution in [0, 0.1) is 0 Å². The van der Waals surface area contributed by atoms with E-state index in [1.807, 2.05) is 12.1 Å². The lowest BCUT2D eigenvalue weighted by molar-refractivity contribution is 0.0679. The molecule has 10 heteroatoms. The summed E-state index contributed by atoms with van der Waals surface area (Å²) in [7, 11) is 0. The fraction of sp³-hybridized carbons (Fsp3) is 0.0952. The number of pyridine rings is 2. The monoisotopic (exact) mass is 455 g/mol. The molecule has 0 aliphatic heterocycles. The summed E-state index contributed by atoms with van der Waals surface area (Å²) in [6.07, 6.45) is 6.69. The van der Waals surface area contributed by atoms with Gasteiger partial charge in [-0.15, -0.1) is 0 Å². The van der Waals surface area contributed by atoms with Gasteiger partial charge >= 0.3 is 11.8 Å². The molecule has 4 rings (SSSR count). The van der Waals surface area contributed by atoms with Gasteiger partial charge < -0.3 is 14.5 Å². The van der Waals surface area contributed by atoms with Gasteiger partial charge in [-0.05, 0) is 35.4 Å². The van der Waals surface area contributed by atoms with Crippen molar-refractivity contribution in [2.45, 2.75) is 13.1 Å². The molecule has 0 atom stereocenters. The Morgan fingerprint density at radius 1 is 1.00 bits per heavy atom. The molecule has 0 aliphatic carbocycles. The molecule has 0 bridgehead atoms. The minimum atomic E-state index is -0.456. The first-order valence-corrected chi connectivity index (χ1v) is 9.86. The fourth-order valence-corrected chi connectivity index (χ4v) is 3.37. The summed E-state index contributed by atoms with van der Waals surface area (Å²) in [6.45, 7) is 0.576. The van der Waals surface area contributed by atoms with Gasteiger partial charge in [-0.1, -0.05) is 40.5 Å². The maximum absolute atomic E-state index is 13.2. The molecule has 0 spiro atoms. The highest BCUT2D eigenvalue weighted by Gasteiger charge is 2.24. The van der Waals surface area contributed by atoms with E-state index >= 15 is 0 Å². The first-order valence-electron chi connectivity index (χ1n) is 9.10. The Balaban J connectivity index is 1.62.